The van der Waals surface area contributed by atoms with E-state index in [2.05, 4.69) is 29.1 Å². The van der Waals surface area contributed by atoms with Crippen LogP contribution in [-0.2, 0) is 4.74 Å². The number of nitrogens with zero attached hydrogens (tertiary/aromatic N) is 2. The molecule has 0 amide bonds. The number of hydrogen-bond acceptors (Lipinski definition) is 4. The van der Waals surface area contributed by atoms with Crippen molar-refractivity contribution in [2.75, 3.05) is 19.8 Å². The second kappa shape index (κ2) is 7.31. The summed E-state index contributed by atoms with van der Waals surface area (Å²) in [6.45, 7) is 6.47. The smallest absolute Gasteiger partial charge is 0.147 e. The van der Waals surface area contributed by atoms with Crippen molar-refractivity contribution in [2.45, 2.75) is 26.3 Å². The predicted molar refractivity (Wildman–Crippen MR) is 59.6 cm³/mol. The molecule has 1 N–H and O–H groups in total. The second-order valence-electron chi connectivity index (χ2n) is 3.29. The van der Waals surface area contributed by atoms with Gasteiger partial charge in [0.15, 0.2) is 0 Å². The summed E-state index contributed by atoms with van der Waals surface area (Å²) in [7, 11) is 0. The van der Waals surface area contributed by atoms with Crippen LogP contribution in [0.15, 0.2) is 18.5 Å². The lowest BCUT2D eigenvalue weighted by Crippen LogP contribution is -2.27. The van der Waals surface area contributed by atoms with Crippen LogP contribution < -0.4 is 5.32 Å². The Hall–Kier alpha value is -1.00. The molecule has 1 aromatic rings. The first-order valence-corrected chi connectivity index (χ1v) is 5.46. The van der Waals surface area contributed by atoms with E-state index in [4.69, 9.17) is 4.74 Å². The summed E-state index contributed by atoms with van der Waals surface area (Å²) in [6.07, 6.45) is 4.55. The first kappa shape index (κ1) is 12.1. The molecule has 1 aromatic heterocycles. The predicted octanol–water partition coefficient (Wildman–Crippen LogP) is 1.55. The maximum Gasteiger partial charge on any atom is 0.147 e. The molecule has 0 radical (unpaired) electrons. The van der Waals surface area contributed by atoms with E-state index in [1.54, 1.807) is 12.4 Å². The van der Waals surface area contributed by atoms with Crippen molar-refractivity contribution in [3.8, 4) is 0 Å². The van der Waals surface area contributed by atoms with Crippen LogP contribution in [-0.4, -0.2) is 29.7 Å². The van der Waals surface area contributed by atoms with Gasteiger partial charge in [0.1, 0.15) is 5.82 Å². The minimum Gasteiger partial charge on any atom is -0.379 e. The Morgan fingerprint density at radius 2 is 2.07 bits per heavy atom. The fraction of sp³-hybridized carbons (Fsp3) is 0.636. The Kier molecular flexibility index (Phi) is 5.88. The summed E-state index contributed by atoms with van der Waals surface area (Å²) in [5.74, 6) is 0.801. The molecule has 0 saturated heterocycles. The van der Waals surface area contributed by atoms with Gasteiger partial charge in [0.2, 0.25) is 0 Å². The molecule has 1 rings (SSSR count). The molecule has 4 nitrogen and oxygen atoms in total. The molecule has 0 spiro atoms. The van der Waals surface area contributed by atoms with E-state index in [1.165, 1.54) is 0 Å². The highest BCUT2D eigenvalue weighted by Crippen LogP contribution is 2.06. The van der Waals surface area contributed by atoms with Crippen LogP contribution in [0.4, 0.5) is 0 Å². The minimum atomic E-state index is 0.0998. The lowest BCUT2D eigenvalue weighted by atomic mass is 10.3. The maximum atomic E-state index is 5.51. The van der Waals surface area contributed by atoms with E-state index >= 15 is 0 Å². The largest absolute Gasteiger partial charge is 0.379 e. The third-order valence-electron chi connectivity index (χ3n) is 1.98. The van der Waals surface area contributed by atoms with Gasteiger partial charge < -0.3 is 10.1 Å². The minimum absolute atomic E-state index is 0.0998. The SMILES string of the molecule is CCCOCC(NCC)c1ncccn1. The van der Waals surface area contributed by atoms with Crippen LogP contribution in [0.5, 0.6) is 0 Å². The van der Waals surface area contributed by atoms with Gasteiger partial charge in [-0.15, -0.1) is 0 Å². The fourth-order valence-electron chi connectivity index (χ4n) is 1.31. The van der Waals surface area contributed by atoms with Gasteiger partial charge in [-0.05, 0) is 19.0 Å². The summed E-state index contributed by atoms with van der Waals surface area (Å²) in [6, 6.07) is 1.92. The van der Waals surface area contributed by atoms with Crippen molar-refractivity contribution in [2.24, 2.45) is 0 Å². The van der Waals surface area contributed by atoms with Gasteiger partial charge in [-0.2, -0.15) is 0 Å². The number of aromatic nitrogens is 2. The van der Waals surface area contributed by atoms with Crippen molar-refractivity contribution < 1.29 is 4.74 Å². The third-order valence-corrected chi connectivity index (χ3v) is 1.98. The number of rotatable bonds is 7. The molecule has 0 aliphatic heterocycles. The van der Waals surface area contributed by atoms with Gasteiger partial charge >= 0.3 is 0 Å². The van der Waals surface area contributed by atoms with Gasteiger partial charge in [-0.1, -0.05) is 13.8 Å². The summed E-state index contributed by atoms with van der Waals surface area (Å²) < 4.78 is 5.51. The lowest BCUT2D eigenvalue weighted by molar-refractivity contribution is 0.110. The Bertz CT molecular complexity index is 253. The highest BCUT2D eigenvalue weighted by atomic mass is 16.5. The van der Waals surface area contributed by atoms with Gasteiger partial charge in [0, 0.05) is 19.0 Å². The number of ether oxygens (including phenoxy) is 1. The van der Waals surface area contributed by atoms with Crippen molar-refractivity contribution >= 4 is 0 Å². The van der Waals surface area contributed by atoms with Crippen LogP contribution in [0.1, 0.15) is 32.1 Å². The molecule has 0 fully saturated rings. The van der Waals surface area contributed by atoms with Gasteiger partial charge in [-0.3, -0.25) is 0 Å². The summed E-state index contributed by atoms with van der Waals surface area (Å²) >= 11 is 0. The Balaban J connectivity index is 2.50. The molecule has 15 heavy (non-hydrogen) atoms. The van der Waals surface area contributed by atoms with Crippen LogP contribution in [0, 0.1) is 0 Å². The molecule has 1 atom stereocenters. The third kappa shape index (κ3) is 4.36. The van der Waals surface area contributed by atoms with Crippen molar-refractivity contribution in [1.82, 2.24) is 15.3 Å². The summed E-state index contributed by atoms with van der Waals surface area (Å²) in [5, 5.41) is 3.31. The highest BCUT2D eigenvalue weighted by molar-refractivity contribution is 4.95. The van der Waals surface area contributed by atoms with E-state index in [9.17, 15) is 0 Å². The van der Waals surface area contributed by atoms with Gasteiger partial charge in [0.05, 0.1) is 12.6 Å². The normalized spacial score (nSPS) is 12.7. The maximum absolute atomic E-state index is 5.51. The average Bonchev–Trinajstić information content (AvgIpc) is 2.29. The monoisotopic (exact) mass is 209 g/mol. The molecule has 0 aromatic carbocycles. The van der Waals surface area contributed by atoms with E-state index in [0.29, 0.717) is 6.61 Å². The molecular formula is C11H19N3O. The van der Waals surface area contributed by atoms with Crippen LogP contribution in [0.25, 0.3) is 0 Å². The van der Waals surface area contributed by atoms with E-state index in [1.807, 2.05) is 6.07 Å². The standard InChI is InChI=1S/C11H19N3O/c1-3-8-15-9-10(12-4-2)11-13-6-5-7-14-11/h5-7,10,12H,3-4,8-9H2,1-2H3. The van der Waals surface area contributed by atoms with Gasteiger partial charge in [0.25, 0.3) is 0 Å². The molecule has 0 saturated carbocycles. The van der Waals surface area contributed by atoms with E-state index in [0.717, 1.165) is 25.4 Å². The molecule has 0 bridgehead atoms. The average molecular weight is 209 g/mol. The zero-order chi connectivity index (χ0) is 10.9. The molecule has 1 heterocycles. The van der Waals surface area contributed by atoms with Gasteiger partial charge in [-0.25, -0.2) is 9.97 Å². The molecule has 84 valence electrons. The topological polar surface area (TPSA) is 47.0 Å². The Morgan fingerprint density at radius 1 is 1.33 bits per heavy atom. The number of hydrogen-bond donors (Lipinski definition) is 1. The van der Waals surface area contributed by atoms with Crippen LogP contribution in [0.2, 0.25) is 0 Å². The highest BCUT2D eigenvalue weighted by Gasteiger charge is 2.12. The van der Waals surface area contributed by atoms with Crippen molar-refractivity contribution in [1.29, 1.82) is 0 Å². The second-order valence-corrected chi connectivity index (χ2v) is 3.29. The first-order chi connectivity index (χ1) is 7.38. The quantitative estimate of drug-likeness (QED) is 0.692. The van der Waals surface area contributed by atoms with Crippen molar-refractivity contribution in [3.05, 3.63) is 24.3 Å². The summed E-state index contributed by atoms with van der Waals surface area (Å²) in [5.41, 5.74) is 0. The zero-order valence-electron chi connectivity index (χ0n) is 9.44. The van der Waals surface area contributed by atoms with Crippen LogP contribution in [0.3, 0.4) is 0 Å². The zero-order valence-corrected chi connectivity index (χ0v) is 9.44. The summed E-state index contributed by atoms with van der Waals surface area (Å²) in [4.78, 5) is 8.45. The number of likely N-dealkylation sites (N-methyl/N-ethyl adjacent to an activating group) is 1. The molecular weight excluding hydrogens is 190 g/mol. The first-order valence-electron chi connectivity index (χ1n) is 5.46. The van der Waals surface area contributed by atoms with E-state index < -0.39 is 0 Å². The molecule has 0 aliphatic carbocycles. The molecule has 0 aliphatic rings. The van der Waals surface area contributed by atoms with Crippen molar-refractivity contribution in [3.63, 3.8) is 0 Å². The Morgan fingerprint density at radius 3 is 2.67 bits per heavy atom. The molecule has 4 heteroatoms. The Labute approximate surface area is 91.1 Å². The van der Waals surface area contributed by atoms with E-state index in [-0.39, 0.29) is 6.04 Å². The number of nitrogens with one attached hydrogen (secondary N) is 1. The lowest BCUT2D eigenvalue weighted by Gasteiger charge is -2.15. The van der Waals surface area contributed by atoms with Crippen LogP contribution >= 0.6 is 0 Å². The fourth-order valence-corrected chi connectivity index (χ4v) is 1.31. The molecule has 1 unspecified atom stereocenters.